The van der Waals surface area contributed by atoms with E-state index in [1.54, 1.807) is 0 Å². The first kappa shape index (κ1) is 15.0. The van der Waals surface area contributed by atoms with Gasteiger partial charge in [0.2, 0.25) is 0 Å². The highest BCUT2D eigenvalue weighted by molar-refractivity contribution is 5.48. The average Bonchev–Trinajstić information content (AvgIpc) is 2.70. The van der Waals surface area contributed by atoms with Crippen molar-refractivity contribution in [2.75, 3.05) is 0 Å². The molecule has 1 saturated carbocycles. The van der Waals surface area contributed by atoms with Gasteiger partial charge in [0, 0.05) is 24.5 Å². The SMILES string of the molecule is c1ccc([C]2CCCCC2(c2ccccn2)c2ncccn2)cc1. The summed E-state index contributed by atoms with van der Waals surface area (Å²) in [4.78, 5) is 14.0. The summed E-state index contributed by atoms with van der Waals surface area (Å²) in [6, 6.07) is 18.7. The molecule has 3 nitrogen and oxygen atoms in total. The van der Waals surface area contributed by atoms with E-state index < -0.39 is 0 Å². The fourth-order valence-electron chi connectivity index (χ4n) is 3.86. The summed E-state index contributed by atoms with van der Waals surface area (Å²) in [6.07, 6.45) is 9.96. The third-order valence-corrected chi connectivity index (χ3v) is 4.92. The molecular formula is C21H20N3. The molecule has 0 bridgehead atoms. The van der Waals surface area contributed by atoms with Gasteiger partial charge in [0.25, 0.3) is 0 Å². The second-order valence-corrected chi connectivity index (χ2v) is 6.24. The maximum Gasteiger partial charge on any atom is 0.141 e. The van der Waals surface area contributed by atoms with Gasteiger partial charge in [-0.25, -0.2) is 9.97 Å². The molecule has 3 heteroatoms. The first-order valence-corrected chi connectivity index (χ1v) is 8.52. The minimum Gasteiger partial charge on any atom is -0.260 e. The molecule has 0 N–H and O–H groups in total. The predicted octanol–water partition coefficient (Wildman–Crippen LogP) is 4.35. The van der Waals surface area contributed by atoms with Crippen molar-refractivity contribution in [3.05, 3.63) is 96.2 Å². The maximum atomic E-state index is 4.73. The maximum absolute atomic E-state index is 4.73. The van der Waals surface area contributed by atoms with Crippen LogP contribution in [0.2, 0.25) is 0 Å². The number of hydrogen-bond acceptors (Lipinski definition) is 3. The number of rotatable bonds is 3. The molecule has 0 aliphatic heterocycles. The van der Waals surface area contributed by atoms with Gasteiger partial charge in [-0.3, -0.25) is 4.98 Å². The van der Waals surface area contributed by atoms with E-state index in [1.807, 2.05) is 30.7 Å². The van der Waals surface area contributed by atoms with Gasteiger partial charge in [0.05, 0.1) is 11.1 Å². The number of aromatic nitrogens is 3. The molecule has 3 aromatic rings. The van der Waals surface area contributed by atoms with Crippen LogP contribution in [0.1, 0.15) is 42.8 Å². The van der Waals surface area contributed by atoms with Crippen LogP contribution in [-0.2, 0) is 5.41 Å². The van der Waals surface area contributed by atoms with Crippen molar-refractivity contribution in [2.45, 2.75) is 31.1 Å². The molecular weight excluding hydrogens is 294 g/mol. The minimum absolute atomic E-state index is 0.331. The van der Waals surface area contributed by atoms with Crippen molar-refractivity contribution >= 4 is 0 Å². The van der Waals surface area contributed by atoms with Crippen LogP contribution >= 0.6 is 0 Å². The van der Waals surface area contributed by atoms with Crippen LogP contribution in [0, 0.1) is 5.92 Å². The highest BCUT2D eigenvalue weighted by Gasteiger charge is 2.48. The fraction of sp³-hybridized carbons (Fsp3) is 0.238. The van der Waals surface area contributed by atoms with Crippen LogP contribution in [0.25, 0.3) is 0 Å². The topological polar surface area (TPSA) is 38.7 Å². The van der Waals surface area contributed by atoms with E-state index in [0.717, 1.165) is 30.8 Å². The van der Waals surface area contributed by atoms with Crippen LogP contribution < -0.4 is 0 Å². The Balaban J connectivity index is 1.94. The highest BCUT2D eigenvalue weighted by atomic mass is 14.9. The lowest BCUT2D eigenvalue weighted by Gasteiger charge is -2.42. The predicted molar refractivity (Wildman–Crippen MR) is 94.3 cm³/mol. The first-order valence-electron chi connectivity index (χ1n) is 8.52. The molecule has 24 heavy (non-hydrogen) atoms. The average molecular weight is 314 g/mol. The Morgan fingerprint density at radius 3 is 2.21 bits per heavy atom. The van der Waals surface area contributed by atoms with E-state index in [0.29, 0.717) is 0 Å². The van der Waals surface area contributed by atoms with Crippen molar-refractivity contribution in [2.24, 2.45) is 0 Å². The molecule has 2 aromatic heterocycles. The summed E-state index contributed by atoms with van der Waals surface area (Å²) in [5.41, 5.74) is 1.99. The third kappa shape index (κ3) is 2.50. The lowest BCUT2D eigenvalue weighted by Crippen LogP contribution is -2.40. The van der Waals surface area contributed by atoms with Crippen molar-refractivity contribution in [1.29, 1.82) is 0 Å². The Morgan fingerprint density at radius 1 is 0.708 bits per heavy atom. The molecule has 1 aromatic carbocycles. The van der Waals surface area contributed by atoms with Crippen molar-refractivity contribution in [3.8, 4) is 0 Å². The van der Waals surface area contributed by atoms with Crippen LogP contribution in [-0.4, -0.2) is 15.0 Å². The minimum atomic E-state index is -0.331. The number of hydrogen-bond donors (Lipinski definition) is 0. The van der Waals surface area contributed by atoms with Crippen molar-refractivity contribution in [3.63, 3.8) is 0 Å². The second-order valence-electron chi connectivity index (χ2n) is 6.24. The zero-order valence-corrected chi connectivity index (χ0v) is 13.6. The molecule has 1 unspecified atom stereocenters. The van der Waals surface area contributed by atoms with Gasteiger partial charge in [0.1, 0.15) is 5.82 Å². The van der Waals surface area contributed by atoms with Gasteiger partial charge in [-0.05, 0) is 36.6 Å². The zero-order chi connectivity index (χ0) is 16.2. The molecule has 0 amide bonds. The highest BCUT2D eigenvalue weighted by Crippen LogP contribution is 2.50. The molecule has 0 saturated heterocycles. The first-order chi connectivity index (χ1) is 11.9. The number of nitrogens with zero attached hydrogens (tertiary/aromatic N) is 3. The number of pyridine rings is 1. The van der Waals surface area contributed by atoms with Crippen LogP contribution in [0.4, 0.5) is 0 Å². The van der Waals surface area contributed by atoms with Crippen molar-refractivity contribution in [1.82, 2.24) is 15.0 Å². The summed E-state index contributed by atoms with van der Waals surface area (Å²) in [5.74, 6) is 2.25. The monoisotopic (exact) mass is 314 g/mol. The molecule has 1 fully saturated rings. The van der Waals surface area contributed by atoms with Gasteiger partial charge in [-0.2, -0.15) is 0 Å². The second kappa shape index (κ2) is 6.52. The van der Waals surface area contributed by atoms with E-state index >= 15 is 0 Å². The smallest absolute Gasteiger partial charge is 0.141 e. The summed E-state index contributed by atoms with van der Waals surface area (Å²) < 4.78 is 0. The standard InChI is InChI=1S/C21H20N3/c1-2-9-17(10-3-1)18-11-4-6-13-21(18,19-12-5-7-14-22-19)20-23-15-8-16-24-20/h1-3,5,7-10,12,14-16H,4,6,11,13H2. The molecule has 1 radical (unpaired) electrons. The van der Waals surface area contributed by atoms with E-state index in [2.05, 4.69) is 52.4 Å². The summed E-state index contributed by atoms with van der Waals surface area (Å²) in [5, 5.41) is 0. The van der Waals surface area contributed by atoms with Gasteiger partial charge < -0.3 is 0 Å². The Labute approximate surface area is 142 Å². The Hall–Kier alpha value is -2.55. The quantitative estimate of drug-likeness (QED) is 0.721. The zero-order valence-electron chi connectivity index (χ0n) is 13.6. The molecule has 2 heterocycles. The lowest BCUT2D eigenvalue weighted by atomic mass is 9.61. The van der Waals surface area contributed by atoms with Crippen LogP contribution in [0.15, 0.2) is 73.2 Å². The summed E-state index contributed by atoms with van der Waals surface area (Å²) in [6.45, 7) is 0. The van der Waals surface area contributed by atoms with Crippen molar-refractivity contribution < 1.29 is 0 Å². The van der Waals surface area contributed by atoms with Gasteiger partial charge in [-0.15, -0.1) is 0 Å². The van der Waals surface area contributed by atoms with E-state index in [-0.39, 0.29) is 5.41 Å². The Bertz CT molecular complexity index is 732. The summed E-state index contributed by atoms with van der Waals surface area (Å²) in [7, 11) is 0. The van der Waals surface area contributed by atoms with E-state index in [1.165, 1.54) is 17.9 Å². The van der Waals surface area contributed by atoms with Crippen LogP contribution in [0.3, 0.4) is 0 Å². The molecule has 1 aliphatic carbocycles. The Kier molecular flexibility index (Phi) is 4.08. The van der Waals surface area contributed by atoms with Crippen LogP contribution in [0.5, 0.6) is 0 Å². The Morgan fingerprint density at radius 2 is 1.46 bits per heavy atom. The molecule has 119 valence electrons. The van der Waals surface area contributed by atoms with Gasteiger partial charge in [-0.1, -0.05) is 49.2 Å². The largest absolute Gasteiger partial charge is 0.260 e. The fourth-order valence-corrected chi connectivity index (χ4v) is 3.86. The van der Waals surface area contributed by atoms with Gasteiger partial charge >= 0.3 is 0 Å². The molecule has 1 atom stereocenters. The summed E-state index contributed by atoms with van der Waals surface area (Å²) >= 11 is 0. The molecule has 1 aliphatic rings. The lowest BCUT2D eigenvalue weighted by molar-refractivity contribution is 0.370. The normalized spacial score (nSPS) is 21.5. The molecule has 0 spiro atoms. The third-order valence-electron chi connectivity index (χ3n) is 4.92. The van der Waals surface area contributed by atoms with E-state index in [9.17, 15) is 0 Å². The van der Waals surface area contributed by atoms with Gasteiger partial charge in [0.15, 0.2) is 0 Å². The van der Waals surface area contributed by atoms with E-state index in [4.69, 9.17) is 4.98 Å². The molecule has 4 rings (SSSR count). The number of benzene rings is 1.